The molecule has 27 heavy (non-hydrogen) atoms. The lowest BCUT2D eigenvalue weighted by molar-refractivity contribution is -0.385. The summed E-state index contributed by atoms with van der Waals surface area (Å²) in [6.07, 6.45) is 1.18. The molecule has 1 aliphatic heterocycles. The number of carbonyl (C=O) groups is 1. The van der Waals surface area contributed by atoms with Gasteiger partial charge in [-0.2, -0.15) is 0 Å². The third-order valence-corrected chi connectivity index (χ3v) is 4.93. The van der Waals surface area contributed by atoms with Gasteiger partial charge in [0.05, 0.1) is 15.9 Å². The van der Waals surface area contributed by atoms with Crippen molar-refractivity contribution < 1.29 is 19.6 Å². The smallest absolute Gasteiger partial charge is 0.311 e. The molecule has 8 heteroatoms. The zero-order valence-corrected chi connectivity index (χ0v) is 15.3. The lowest BCUT2D eigenvalue weighted by Crippen LogP contribution is -2.35. The molecule has 0 aliphatic carbocycles. The van der Waals surface area contributed by atoms with E-state index in [1.807, 2.05) is 0 Å². The fourth-order valence-corrected chi connectivity index (χ4v) is 3.31. The number of hydrogen-bond donors (Lipinski definition) is 1. The van der Waals surface area contributed by atoms with Crippen LogP contribution in [0.3, 0.4) is 0 Å². The molecular weight excluding hydrogens is 372 g/mol. The number of aliphatic carboxylic acids is 1. The van der Waals surface area contributed by atoms with Crippen LogP contribution < -0.4 is 4.74 Å². The summed E-state index contributed by atoms with van der Waals surface area (Å²) >= 11 is 6.06. The molecule has 7 nitrogen and oxygen atoms in total. The molecule has 0 radical (unpaired) electrons. The molecule has 0 saturated carbocycles. The quantitative estimate of drug-likeness (QED) is 0.582. The Bertz CT molecular complexity index is 850. The van der Waals surface area contributed by atoms with Gasteiger partial charge >= 0.3 is 11.7 Å². The number of halogens is 1. The highest BCUT2D eigenvalue weighted by Crippen LogP contribution is 2.35. The number of carboxylic acid groups (broad SMARTS) is 1. The number of rotatable bonds is 6. The number of para-hydroxylation sites is 1. The summed E-state index contributed by atoms with van der Waals surface area (Å²) in [6.45, 7) is 1.84. The van der Waals surface area contributed by atoms with E-state index in [-0.39, 0.29) is 17.4 Å². The van der Waals surface area contributed by atoms with Crippen molar-refractivity contribution in [2.45, 2.75) is 19.4 Å². The Morgan fingerprint density at radius 1 is 1.22 bits per heavy atom. The highest BCUT2D eigenvalue weighted by molar-refractivity contribution is 6.32. The van der Waals surface area contributed by atoms with E-state index in [0.717, 1.165) is 5.56 Å². The van der Waals surface area contributed by atoms with Crippen molar-refractivity contribution >= 4 is 23.3 Å². The Morgan fingerprint density at radius 2 is 1.93 bits per heavy atom. The summed E-state index contributed by atoms with van der Waals surface area (Å²) < 4.78 is 5.63. The van der Waals surface area contributed by atoms with Gasteiger partial charge in [-0.1, -0.05) is 29.8 Å². The highest BCUT2D eigenvalue weighted by atomic mass is 35.5. The summed E-state index contributed by atoms with van der Waals surface area (Å²) in [6, 6.07) is 11.6. The first kappa shape index (κ1) is 19.1. The number of benzene rings is 2. The molecule has 2 aromatic rings. The number of carboxylic acids is 1. The Kier molecular flexibility index (Phi) is 5.93. The first-order chi connectivity index (χ1) is 12.9. The van der Waals surface area contributed by atoms with Crippen molar-refractivity contribution in [2.24, 2.45) is 5.92 Å². The zero-order chi connectivity index (χ0) is 19.4. The standard InChI is InChI=1S/C19H19ClN2O5/c20-15-3-1-2-4-17(15)27-18-6-5-13(11-16(18)22(25)26)12-21-9-7-14(8-10-21)19(23)24/h1-6,11,14H,7-10,12H2,(H,23,24). The predicted octanol–water partition coefficient (Wildman–Crippen LogP) is 4.34. The Hall–Kier alpha value is -2.64. The van der Waals surface area contributed by atoms with Gasteiger partial charge in [-0.25, -0.2) is 0 Å². The summed E-state index contributed by atoms with van der Waals surface area (Å²) in [5, 5.41) is 20.9. The zero-order valence-electron chi connectivity index (χ0n) is 14.5. The Labute approximate surface area is 161 Å². The van der Waals surface area contributed by atoms with Gasteiger partial charge < -0.3 is 9.84 Å². The number of nitrogens with zero attached hydrogens (tertiary/aromatic N) is 2. The fourth-order valence-electron chi connectivity index (χ4n) is 3.13. The van der Waals surface area contributed by atoms with Crippen LogP contribution in [0.5, 0.6) is 11.5 Å². The van der Waals surface area contributed by atoms with Gasteiger partial charge in [0.1, 0.15) is 5.75 Å². The minimum absolute atomic E-state index is 0.126. The van der Waals surface area contributed by atoms with Gasteiger partial charge in [0, 0.05) is 12.6 Å². The molecular formula is C19H19ClN2O5. The molecule has 1 aliphatic rings. The number of nitro groups is 1. The highest BCUT2D eigenvalue weighted by Gasteiger charge is 2.25. The van der Waals surface area contributed by atoms with Crippen molar-refractivity contribution in [1.29, 1.82) is 0 Å². The largest absolute Gasteiger partial charge is 0.481 e. The SMILES string of the molecule is O=C(O)C1CCN(Cc2ccc(Oc3ccccc3Cl)c([N+](=O)[O-])c2)CC1. The van der Waals surface area contributed by atoms with Gasteiger partial charge in [0.25, 0.3) is 0 Å². The second kappa shape index (κ2) is 8.37. The molecule has 0 amide bonds. The minimum Gasteiger partial charge on any atom is -0.481 e. The summed E-state index contributed by atoms with van der Waals surface area (Å²) in [7, 11) is 0. The molecule has 2 aromatic carbocycles. The van der Waals surface area contributed by atoms with E-state index in [1.54, 1.807) is 36.4 Å². The maximum atomic E-state index is 11.5. The molecule has 1 fully saturated rings. The molecule has 0 aromatic heterocycles. The van der Waals surface area contributed by atoms with Gasteiger partial charge in [0.2, 0.25) is 5.75 Å². The van der Waals surface area contributed by atoms with Crippen molar-refractivity contribution in [1.82, 2.24) is 4.90 Å². The van der Waals surface area contributed by atoms with Crippen LogP contribution in [0.2, 0.25) is 5.02 Å². The van der Waals surface area contributed by atoms with Crippen LogP contribution in [0.15, 0.2) is 42.5 Å². The maximum Gasteiger partial charge on any atom is 0.311 e. The van der Waals surface area contributed by atoms with E-state index in [2.05, 4.69) is 4.90 Å². The monoisotopic (exact) mass is 390 g/mol. The van der Waals surface area contributed by atoms with Crippen LogP contribution in [-0.4, -0.2) is 34.0 Å². The number of hydrogen-bond acceptors (Lipinski definition) is 5. The molecule has 0 bridgehead atoms. The van der Waals surface area contributed by atoms with E-state index in [9.17, 15) is 14.9 Å². The number of piperidine rings is 1. The number of nitro benzene ring substituents is 1. The lowest BCUT2D eigenvalue weighted by Gasteiger charge is -2.29. The molecule has 0 spiro atoms. The number of ether oxygens (including phenoxy) is 1. The maximum absolute atomic E-state index is 11.5. The molecule has 1 heterocycles. The van der Waals surface area contributed by atoms with Gasteiger partial charge in [-0.05, 0) is 49.7 Å². The summed E-state index contributed by atoms with van der Waals surface area (Å²) in [5.74, 6) is -0.583. The molecule has 1 N–H and O–H groups in total. The summed E-state index contributed by atoms with van der Waals surface area (Å²) in [5.41, 5.74) is 0.648. The van der Waals surface area contributed by atoms with Crippen LogP contribution in [-0.2, 0) is 11.3 Å². The molecule has 3 rings (SSSR count). The van der Waals surface area contributed by atoms with Crippen molar-refractivity contribution in [2.75, 3.05) is 13.1 Å². The summed E-state index contributed by atoms with van der Waals surface area (Å²) in [4.78, 5) is 24.1. The number of likely N-dealkylation sites (tertiary alicyclic amines) is 1. The van der Waals surface area contributed by atoms with Crippen molar-refractivity contribution in [3.63, 3.8) is 0 Å². The average molecular weight is 391 g/mol. The molecule has 1 saturated heterocycles. The topological polar surface area (TPSA) is 92.9 Å². The van der Waals surface area contributed by atoms with E-state index in [1.165, 1.54) is 6.07 Å². The molecule has 0 atom stereocenters. The van der Waals surface area contributed by atoms with Crippen LogP contribution in [0, 0.1) is 16.0 Å². The fraction of sp³-hybridized carbons (Fsp3) is 0.316. The lowest BCUT2D eigenvalue weighted by atomic mass is 9.97. The van der Waals surface area contributed by atoms with Crippen molar-refractivity contribution in [3.8, 4) is 11.5 Å². The second-order valence-corrected chi connectivity index (χ2v) is 6.89. The Balaban J connectivity index is 1.73. The van der Waals surface area contributed by atoms with Gasteiger partial charge in [-0.3, -0.25) is 19.8 Å². The van der Waals surface area contributed by atoms with E-state index >= 15 is 0 Å². The van der Waals surface area contributed by atoms with E-state index in [0.29, 0.717) is 43.2 Å². The normalized spacial score (nSPS) is 15.4. The second-order valence-electron chi connectivity index (χ2n) is 6.48. The first-order valence-corrected chi connectivity index (χ1v) is 8.96. The predicted molar refractivity (Wildman–Crippen MR) is 100 cm³/mol. The van der Waals surface area contributed by atoms with Gasteiger partial charge in [0.15, 0.2) is 0 Å². The third-order valence-electron chi connectivity index (χ3n) is 4.62. The van der Waals surface area contributed by atoms with Crippen LogP contribution >= 0.6 is 11.6 Å². The molecule has 142 valence electrons. The third kappa shape index (κ3) is 4.75. The van der Waals surface area contributed by atoms with Crippen LogP contribution in [0.25, 0.3) is 0 Å². The van der Waals surface area contributed by atoms with E-state index < -0.39 is 10.9 Å². The Morgan fingerprint density at radius 3 is 2.56 bits per heavy atom. The van der Waals surface area contributed by atoms with Crippen LogP contribution in [0.4, 0.5) is 5.69 Å². The first-order valence-electron chi connectivity index (χ1n) is 8.59. The van der Waals surface area contributed by atoms with E-state index in [4.69, 9.17) is 21.4 Å². The minimum atomic E-state index is -0.758. The average Bonchev–Trinajstić information content (AvgIpc) is 2.65. The molecule has 0 unspecified atom stereocenters. The van der Waals surface area contributed by atoms with Crippen LogP contribution in [0.1, 0.15) is 18.4 Å². The van der Waals surface area contributed by atoms with Gasteiger partial charge in [-0.15, -0.1) is 0 Å². The van der Waals surface area contributed by atoms with Crippen molar-refractivity contribution in [3.05, 3.63) is 63.2 Å².